The van der Waals surface area contributed by atoms with Gasteiger partial charge in [-0.25, -0.2) is 8.42 Å². The minimum absolute atomic E-state index is 0.144. The van der Waals surface area contributed by atoms with E-state index in [2.05, 4.69) is 21.2 Å². The van der Waals surface area contributed by atoms with E-state index in [0.29, 0.717) is 35.1 Å². The summed E-state index contributed by atoms with van der Waals surface area (Å²) in [6.45, 7) is 0.542. The molecule has 144 valence electrons. The van der Waals surface area contributed by atoms with Crippen molar-refractivity contribution in [2.24, 2.45) is 5.92 Å². The second-order valence-corrected chi connectivity index (χ2v) is 9.94. The number of sulfonamides is 1. The summed E-state index contributed by atoms with van der Waals surface area (Å²) >= 11 is 15.2. The number of hydrogen-bond donors (Lipinski definition) is 1. The van der Waals surface area contributed by atoms with Gasteiger partial charge in [-0.2, -0.15) is 4.31 Å². The summed E-state index contributed by atoms with van der Waals surface area (Å²) in [4.78, 5) is 12.8. The molecule has 0 aliphatic carbocycles. The van der Waals surface area contributed by atoms with Crippen LogP contribution in [0, 0.1) is 5.92 Å². The Hall–Kier alpha value is -1.12. The number of nitrogens with one attached hydrogen (secondary N) is 1. The Balaban J connectivity index is 1.72. The van der Waals surface area contributed by atoms with Gasteiger partial charge in [-0.3, -0.25) is 4.79 Å². The number of benzene rings is 2. The van der Waals surface area contributed by atoms with Crippen molar-refractivity contribution in [3.8, 4) is 0 Å². The van der Waals surface area contributed by atoms with Gasteiger partial charge in [0, 0.05) is 23.2 Å². The molecule has 5 nitrogen and oxygen atoms in total. The van der Waals surface area contributed by atoms with Crippen LogP contribution in [-0.4, -0.2) is 31.7 Å². The highest BCUT2D eigenvalue weighted by Gasteiger charge is 2.33. The quantitative estimate of drug-likeness (QED) is 0.668. The van der Waals surface area contributed by atoms with Crippen molar-refractivity contribution in [1.82, 2.24) is 4.31 Å². The topological polar surface area (TPSA) is 66.5 Å². The lowest BCUT2D eigenvalue weighted by Crippen LogP contribution is -2.43. The van der Waals surface area contributed by atoms with Crippen LogP contribution < -0.4 is 5.32 Å². The number of carbonyl (C=O) groups is 1. The Kier molecular flexibility index (Phi) is 6.48. The summed E-state index contributed by atoms with van der Waals surface area (Å²) < 4.78 is 27.9. The number of amides is 1. The van der Waals surface area contributed by atoms with E-state index in [1.807, 2.05) is 0 Å². The highest BCUT2D eigenvalue weighted by Crippen LogP contribution is 2.28. The van der Waals surface area contributed by atoms with E-state index in [1.54, 1.807) is 42.5 Å². The van der Waals surface area contributed by atoms with Crippen molar-refractivity contribution in [2.45, 2.75) is 17.7 Å². The van der Waals surface area contributed by atoms with Gasteiger partial charge < -0.3 is 5.32 Å². The first-order valence-corrected chi connectivity index (χ1v) is 11.3. The van der Waals surface area contributed by atoms with Crippen molar-refractivity contribution < 1.29 is 13.2 Å². The van der Waals surface area contributed by atoms with E-state index in [1.165, 1.54) is 4.31 Å². The summed E-state index contributed by atoms with van der Waals surface area (Å²) in [6, 6.07) is 11.3. The molecule has 0 saturated carbocycles. The number of nitrogens with zero attached hydrogens (tertiary/aromatic N) is 1. The predicted molar refractivity (Wildman–Crippen MR) is 111 cm³/mol. The van der Waals surface area contributed by atoms with Gasteiger partial charge in [0.05, 0.1) is 20.9 Å². The van der Waals surface area contributed by atoms with Crippen LogP contribution in [0.15, 0.2) is 51.8 Å². The maximum atomic E-state index is 12.9. The third kappa shape index (κ3) is 4.84. The van der Waals surface area contributed by atoms with Crippen LogP contribution in [0.4, 0.5) is 5.69 Å². The number of anilines is 1. The number of rotatable bonds is 4. The van der Waals surface area contributed by atoms with E-state index >= 15 is 0 Å². The van der Waals surface area contributed by atoms with E-state index < -0.39 is 15.9 Å². The molecule has 1 aliphatic rings. The minimum Gasteiger partial charge on any atom is -0.326 e. The third-order valence-corrected chi connectivity index (χ3v) is 7.54. The maximum Gasteiger partial charge on any atom is 0.243 e. The molecule has 2 aromatic rings. The van der Waals surface area contributed by atoms with E-state index in [9.17, 15) is 13.2 Å². The minimum atomic E-state index is -3.64. The highest BCUT2D eigenvalue weighted by atomic mass is 79.9. The van der Waals surface area contributed by atoms with Crippen LogP contribution in [-0.2, 0) is 14.8 Å². The first-order valence-electron chi connectivity index (χ1n) is 8.29. The molecule has 0 bridgehead atoms. The normalized spacial score (nSPS) is 18.3. The Morgan fingerprint density at radius 2 is 1.81 bits per heavy atom. The average Bonchev–Trinajstić information content (AvgIpc) is 2.65. The van der Waals surface area contributed by atoms with Gasteiger partial charge in [0.25, 0.3) is 0 Å². The van der Waals surface area contributed by atoms with Gasteiger partial charge in [0.15, 0.2) is 0 Å². The van der Waals surface area contributed by atoms with Crippen LogP contribution in [0.1, 0.15) is 12.8 Å². The van der Waals surface area contributed by atoms with Gasteiger partial charge in [-0.15, -0.1) is 0 Å². The van der Waals surface area contributed by atoms with Gasteiger partial charge in [0.1, 0.15) is 0 Å². The molecule has 0 unspecified atom stereocenters. The molecular weight excluding hydrogens is 475 g/mol. The molecule has 1 saturated heterocycles. The highest BCUT2D eigenvalue weighted by molar-refractivity contribution is 9.10. The molecule has 1 aliphatic heterocycles. The molecule has 0 radical (unpaired) electrons. The second-order valence-electron chi connectivity index (χ2n) is 6.27. The summed E-state index contributed by atoms with van der Waals surface area (Å²) in [7, 11) is -3.64. The van der Waals surface area contributed by atoms with Crippen LogP contribution in [0.25, 0.3) is 0 Å². The molecule has 1 fully saturated rings. The molecule has 1 atom stereocenters. The number of carbonyl (C=O) groups excluding carboxylic acids is 1. The van der Waals surface area contributed by atoms with Crippen molar-refractivity contribution in [1.29, 1.82) is 0 Å². The largest absolute Gasteiger partial charge is 0.326 e. The molecule has 0 spiro atoms. The monoisotopic (exact) mass is 490 g/mol. The fourth-order valence-electron chi connectivity index (χ4n) is 2.95. The lowest BCUT2D eigenvalue weighted by Gasteiger charge is -2.31. The Bertz CT molecular complexity index is 952. The third-order valence-electron chi connectivity index (χ3n) is 4.39. The summed E-state index contributed by atoms with van der Waals surface area (Å²) in [5.41, 5.74) is 0.530. The fourth-order valence-corrected chi connectivity index (χ4v) is 5.03. The first-order chi connectivity index (χ1) is 12.8. The van der Waals surface area contributed by atoms with Gasteiger partial charge in [0.2, 0.25) is 15.9 Å². The zero-order chi connectivity index (χ0) is 19.6. The molecule has 27 heavy (non-hydrogen) atoms. The maximum absolute atomic E-state index is 12.9. The number of piperidine rings is 1. The van der Waals surface area contributed by atoms with E-state index in [4.69, 9.17) is 23.2 Å². The zero-order valence-corrected chi connectivity index (χ0v) is 18.1. The van der Waals surface area contributed by atoms with Gasteiger partial charge in [-0.05, 0) is 55.3 Å². The average molecular weight is 492 g/mol. The zero-order valence-electron chi connectivity index (χ0n) is 14.2. The second kappa shape index (κ2) is 8.49. The van der Waals surface area contributed by atoms with Crippen molar-refractivity contribution in [3.63, 3.8) is 0 Å². The van der Waals surface area contributed by atoms with E-state index in [0.717, 1.165) is 4.47 Å². The molecule has 1 N–H and O–H groups in total. The summed E-state index contributed by atoms with van der Waals surface area (Å²) in [5.74, 6) is -0.664. The molecule has 3 rings (SSSR count). The van der Waals surface area contributed by atoms with Gasteiger partial charge in [-0.1, -0.05) is 39.1 Å². The Morgan fingerprint density at radius 3 is 2.48 bits per heavy atom. The predicted octanol–water partition coefficient (Wildman–Crippen LogP) is 4.80. The van der Waals surface area contributed by atoms with Crippen LogP contribution in [0.2, 0.25) is 10.0 Å². The Labute approximate surface area is 176 Å². The fraction of sp³-hybridized carbons (Fsp3) is 0.278. The van der Waals surface area contributed by atoms with Crippen LogP contribution >= 0.6 is 39.1 Å². The SMILES string of the molecule is O=C(Nc1ccc(Cl)c(Cl)c1)[C@@H]1CCCN(S(=O)(=O)c2ccc(Br)cc2)C1. The van der Waals surface area contributed by atoms with E-state index in [-0.39, 0.29) is 17.3 Å². The molecule has 1 amide bonds. The molecule has 9 heteroatoms. The standard InChI is InChI=1S/C18H17BrCl2N2O3S/c19-13-3-6-15(7-4-13)27(25,26)23-9-1-2-12(11-23)18(24)22-14-5-8-16(20)17(21)10-14/h3-8,10,12H,1-2,9,11H2,(H,22,24)/t12-/m1/s1. The molecule has 2 aromatic carbocycles. The first kappa shape index (κ1) is 20.6. The number of halogens is 3. The lowest BCUT2D eigenvalue weighted by atomic mass is 9.99. The number of hydrogen-bond acceptors (Lipinski definition) is 3. The van der Waals surface area contributed by atoms with Crippen molar-refractivity contribution in [3.05, 3.63) is 57.0 Å². The molecule has 0 aromatic heterocycles. The summed E-state index contributed by atoms with van der Waals surface area (Å²) in [6.07, 6.45) is 1.24. The Morgan fingerprint density at radius 1 is 1.11 bits per heavy atom. The smallest absolute Gasteiger partial charge is 0.243 e. The molecule has 1 heterocycles. The van der Waals surface area contributed by atoms with Crippen LogP contribution in [0.5, 0.6) is 0 Å². The van der Waals surface area contributed by atoms with Crippen molar-refractivity contribution >= 4 is 60.7 Å². The van der Waals surface area contributed by atoms with Gasteiger partial charge >= 0.3 is 0 Å². The van der Waals surface area contributed by atoms with Crippen molar-refractivity contribution in [2.75, 3.05) is 18.4 Å². The molecular formula is C18H17BrCl2N2O3S. The lowest BCUT2D eigenvalue weighted by molar-refractivity contribution is -0.120. The van der Waals surface area contributed by atoms with Crippen LogP contribution in [0.3, 0.4) is 0 Å². The summed E-state index contributed by atoms with van der Waals surface area (Å²) in [5, 5.41) is 3.54.